The molecule has 1 radical (unpaired) electrons. The van der Waals surface area contributed by atoms with Crippen molar-refractivity contribution in [1.82, 2.24) is 0 Å². The molecule has 0 bridgehead atoms. The van der Waals surface area contributed by atoms with E-state index in [2.05, 4.69) is 13.3 Å². The van der Waals surface area contributed by atoms with Gasteiger partial charge in [0.1, 0.15) is 0 Å². The second-order valence-electron chi connectivity index (χ2n) is 13.1. The van der Waals surface area contributed by atoms with Gasteiger partial charge in [0.15, 0.2) is 0 Å². The van der Waals surface area contributed by atoms with Crippen LogP contribution in [0.5, 0.6) is 0 Å². The monoisotopic (exact) mass is 1350 g/mol. The van der Waals surface area contributed by atoms with E-state index in [9.17, 15) is 74.4 Å². The maximum absolute atomic E-state index is 13.6. The number of benzene rings is 2. The van der Waals surface area contributed by atoms with E-state index in [4.69, 9.17) is 41.2 Å². The van der Waals surface area contributed by atoms with E-state index < -0.39 is 96.4 Å². The predicted octanol–water partition coefficient (Wildman–Crippen LogP) is 11.2. The SMILES string of the molecule is CCO[Si](F)(OCC)OCC.CO[Si](CCC(F)(F)C(F)(F)C(F)(F)C(F)(F)C(F)(F)C(F)(F)F)(OC)OC.CO[Si](CCC(F)(F)F)(OC)OC.CO[Si](OC)(OC)c1ccccc1.[3H]c1ccccc1.[CH3-].[Os+]. The maximum atomic E-state index is 13.6. The van der Waals surface area contributed by atoms with E-state index in [-0.39, 0.29) is 53.1 Å². The van der Waals surface area contributed by atoms with Crippen LogP contribution < -0.4 is 5.19 Å². The normalized spacial score (nSPS) is 13.2. The summed E-state index contributed by atoms with van der Waals surface area (Å²) in [7, 11) is -2.53. The molecule has 2 aromatic rings. The van der Waals surface area contributed by atoms with Gasteiger partial charge in [0, 0.05) is 114 Å². The second kappa shape index (κ2) is 35.6. The van der Waals surface area contributed by atoms with Crippen molar-refractivity contribution in [2.75, 3.05) is 83.8 Å². The van der Waals surface area contributed by atoms with Gasteiger partial charge in [-0.05, 0) is 20.8 Å². The number of halogens is 17. The summed E-state index contributed by atoms with van der Waals surface area (Å²) in [6, 6.07) is 17.7. The van der Waals surface area contributed by atoms with Crippen LogP contribution in [0.1, 0.15) is 35.0 Å². The van der Waals surface area contributed by atoms with Gasteiger partial charge in [-0.3, -0.25) is 0 Å². The molecule has 0 heterocycles. The Hall–Kier alpha value is -1.73. The molecule has 0 spiro atoms. The van der Waals surface area contributed by atoms with Gasteiger partial charge in [0.2, 0.25) is 0 Å². The number of hydrogen-bond donors (Lipinski definition) is 0. The molecule has 0 fully saturated rings. The minimum atomic E-state index is -7.91. The Balaban J connectivity index is -0.000000290. The Labute approximate surface area is 433 Å². The molecule has 0 aliphatic rings. The van der Waals surface area contributed by atoms with Gasteiger partial charge >= 0.3 is 97.3 Å². The fourth-order valence-electron chi connectivity index (χ4n) is 4.91. The van der Waals surface area contributed by atoms with Gasteiger partial charge in [-0.1, -0.05) is 66.7 Å². The zero-order valence-electron chi connectivity index (χ0n) is 42.9. The second-order valence-corrected chi connectivity index (χ2v) is 24.0. The topological polar surface area (TPSA) is 111 Å². The third kappa shape index (κ3) is 24.2. The first-order valence-corrected chi connectivity index (χ1v) is 27.3. The minimum Gasteiger partial charge on any atom is -0.377 e. The van der Waals surface area contributed by atoms with E-state index in [1.807, 2.05) is 48.5 Å². The van der Waals surface area contributed by atoms with Crippen LogP contribution in [-0.4, -0.2) is 161 Å². The van der Waals surface area contributed by atoms with Crippen molar-refractivity contribution in [2.45, 2.75) is 87.7 Å². The molecule has 0 amide bonds. The van der Waals surface area contributed by atoms with Crippen LogP contribution in [-0.2, 0) is 72.9 Å². The zero-order chi connectivity index (χ0) is 57.2. The van der Waals surface area contributed by atoms with E-state index in [0.29, 0.717) is 6.04 Å². The first-order chi connectivity index (χ1) is 32.9. The molecule has 12 nitrogen and oxygen atoms in total. The van der Waals surface area contributed by atoms with Gasteiger partial charge in [0.05, 0.1) is 1.37 Å². The van der Waals surface area contributed by atoms with E-state index in [0.717, 1.165) is 26.5 Å². The van der Waals surface area contributed by atoms with Crippen LogP contribution in [0.4, 0.5) is 74.4 Å². The van der Waals surface area contributed by atoms with Crippen LogP contribution >= 0.6 is 0 Å². The Kier molecular flexibility index (Phi) is 38.0. The van der Waals surface area contributed by atoms with Crippen molar-refractivity contribution in [3.05, 3.63) is 74.1 Å². The minimum absolute atomic E-state index is 0. The third-order valence-corrected chi connectivity index (χ3v) is 18.8. The molecule has 0 saturated carbocycles. The van der Waals surface area contributed by atoms with Crippen LogP contribution in [0.25, 0.3) is 0 Å². The summed E-state index contributed by atoms with van der Waals surface area (Å²) in [5.41, 5.74) is 0. The van der Waals surface area contributed by atoms with Crippen molar-refractivity contribution < 1.29 is 149 Å². The Morgan fingerprint density at radius 3 is 1.00 bits per heavy atom. The molecule has 2 rings (SSSR count). The van der Waals surface area contributed by atoms with E-state index >= 15 is 0 Å². The van der Waals surface area contributed by atoms with Gasteiger partial charge in [0.25, 0.3) is 0 Å². The molecule has 435 valence electrons. The summed E-state index contributed by atoms with van der Waals surface area (Å²) in [6.07, 6.45) is -15.0. The molecule has 73 heavy (non-hydrogen) atoms. The fourth-order valence-corrected chi connectivity index (χ4v) is 11.4. The number of alkyl halides is 16. The van der Waals surface area contributed by atoms with Crippen molar-refractivity contribution in [2.24, 2.45) is 0 Å². The van der Waals surface area contributed by atoms with Crippen LogP contribution in [0.15, 0.2) is 66.7 Å². The summed E-state index contributed by atoms with van der Waals surface area (Å²) < 4.78 is 282. The zero-order valence-corrected chi connectivity index (χ0v) is 48.4. The summed E-state index contributed by atoms with van der Waals surface area (Å²) in [5, 5.41) is 0.975. The summed E-state index contributed by atoms with van der Waals surface area (Å²) >= 11 is 0. The third-order valence-electron chi connectivity index (χ3n) is 8.82. The van der Waals surface area contributed by atoms with Crippen molar-refractivity contribution >= 4 is 40.7 Å². The molecule has 2 aromatic carbocycles. The largest absolute Gasteiger partial charge is 1.00 e. The molecule has 0 unspecified atom stereocenters. The van der Waals surface area contributed by atoms with Crippen molar-refractivity contribution in [3.8, 4) is 0 Å². The summed E-state index contributed by atoms with van der Waals surface area (Å²) in [6.45, 7) is 5.96. The van der Waals surface area contributed by atoms with Gasteiger partial charge < -0.3 is 60.5 Å². The van der Waals surface area contributed by atoms with Crippen LogP contribution in [0.3, 0.4) is 0 Å². The Morgan fingerprint density at radius 2 is 0.740 bits per heavy atom. The van der Waals surface area contributed by atoms with Gasteiger partial charge in [-0.25, -0.2) is 4.11 Å². The molecule has 0 aliphatic carbocycles. The number of hydrogen-bond acceptors (Lipinski definition) is 12. The van der Waals surface area contributed by atoms with E-state index in [1.165, 1.54) is 21.3 Å². The van der Waals surface area contributed by atoms with Gasteiger partial charge in [-0.15, -0.1) is 0 Å². The molecule has 0 N–H and O–H groups in total. The first kappa shape index (κ1) is 77.8. The molecule has 0 atom stereocenters. The Bertz CT molecular complexity index is 1670. The van der Waals surface area contributed by atoms with Gasteiger partial charge in [-0.2, -0.15) is 70.2 Å². The molecule has 34 heteroatoms. The standard InChI is InChI=1S/C11H13F13O3Si.C9H14O3Si.C6H13F3O3Si.C6H15FO3Si.C6H6.CH3.Os/c1-25-28(26-2,27-3)5-4-6(12,13)7(14,15)8(16,17)9(18,19)10(20,21)11(22,23)24;1-10-13(11-2,12-3)9-7-5-4-6-8-9;1-10-13(11-2,12-3)5-4-6(7,8)9;1-4-8-11(7,9-5-2)10-6-3;1-2-4-6-5-3-1;;/h4-5H2,1-3H3;4-8H,1-3H3;4-5H2,1-3H3;4-6H2,1-3H3;1-6H;1H3;/q;;;;;-1;+1/i;;;;1T;;. The molecular formula is C39H64F17O12OsSi4. The Morgan fingerprint density at radius 1 is 0.438 bits per heavy atom. The summed E-state index contributed by atoms with van der Waals surface area (Å²) in [4.78, 5) is 0. The van der Waals surface area contributed by atoms with Crippen LogP contribution in [0.2, 0.25) is 12.1 Å². The van der Waals surface area contributed by atoms with Crippen LogP contribution in [0, 0.1) is 7.43 Å². The number of rotatable bonds is 25. The van der Waals surface area contributed by atoms with Crippen molar-refractivity contribution in [1.29, 1.82) is 0 Å². The van der Waals surface area contributed by atoms with E-state index in [1.54, 1.807) is 54.2 Å². The molecule has 0 aromatic heterocycles. The maximum Gasteiger partial charge on any atom is 1.00 e. The quantitative estimate of drug-likeness (QED) is 0.0408. The fraction of sp³-hybridized carbons (Fsp3) is 0.667. The first-order valence-electron chi connectivity index (χ1n) is 20.6. The molecular weight excluding hydrogens is 1290 g/mol. The molecule has 0 aliphatic heterocycles. The smallest absolute Gasteiger partial charge is 0.377 e. The average Bonchev–Trinajstić information content (AvgIpc) is 3.32. The summed E-state index contributed by atoms with van der Waals surface area (Å²) in [5.74, 6) is -37.0. The van der Waals surface area contributed by atoms with Crippen molar-refractivity contribution in [3.63, 3.8) is 0 Å². The predicted molar refractivity (Wildman–Crippen MR) is 237 cm³/mol. The molecule has 0 saturated heterocycles. The average molecular weight is 1350 g/mol.